The van der Waals surface area contributed by atoms with Crippen molar-refractivity contribution >= 4 is 12.1 Å². The maximum absolute atomic E-state index is 13.5. The van der Waals surface area contributed by atoms with Crippen molar-refractivity contribution in [2.45, 2.75) is 25.2 Å². The topological polar surface area (TPSA) is 66.8 Å². The molecule has 2 unspecified atom stereocenters. The van der Waals surface area contributed by atoms with Crippen LogP contribution < -0.4 is 0 Å². The number of carbonyl (C=O) groups is 2. The number of likely N-dealkylation sites (tertiary alicyclic amines) is 1. The molecule has 20 heavy (non-hydrogen) atoms. The quantitative estimate of drug-likeness (QED) is 0.808. The number of hydrogen-bond acceptors (Lipinski definition) is 3. The fourth-order valence-corrected chi connectivity index (χ4v) is 3.10. The predicted octanol–water partition coefficient (Wildman–Crippen LogP) is 2.13. The largest absolute Gasteiger partial charge is 0.481 e. The van der Waals surface area contributed by atoms with Crippen LogP contribution in [0.4, 0.5) is 13.6 Å². The van der Waals surface area contributed by atoms with Crippen molar-refractivity contribution in [3.8, 4) is 0 Å². The van der Waals surface area contributed by atoms with Gasteiger partial charge >= 0.3 is 12.1 Å². The van der Waals surface area contributed by atoms with Crippen LogP contribution >= 0.6 is 0 Å². The number of halogens is 2. The average molecular weight is 289 g/mol. The van der Waals surface area contributed by atoms with E-state index in [1.807, 2.05) is 0 Å². The van der Waals surface area contributed by atoms with Crippen molar-refractivity contribution in [3.63, 3.8) is 0 Å². The minimum absolute atomic E-state index is 0.00212. The Labute approximate surface area is 115 Å². The number of aliphatic carboxylic acids is 1. The molecule has 112 valence electrons. The van der Waals surface area contributed by atoms with Gasteiger partial charge < -0.3 is 14.7 Å². The molecule has 2 rings (SSSR count). The molecule has 0 spiro atoms. The Balaban J connectivity index is 2.15. The molecule has 7 heteroatoms. The van der Waals surface area contributed by atoms with E-state index in [0.29, 0.717) is 0 Å². The van der Waals surface area contributed by atoms with Crippen molar-refractivity contribution in [3.05, 3.63) is 12.7 Å². The number of carboxylic acid groups (broad SMARTS) is 1. The lowest BCUT2D eigenvalue weighted by Gasteiger charge is -2.37. The third-order valence-electron chi connectivity index (χ3n) is 4.19. The van der Waals surface area contributed by atoms with E-state index in [-0.39, 0.29) is 26.1 Å². The summed E-state index contributed by atoms with van der Waals surface area (Å²) in [5.74, 6) is -4.71. The molecule has 1 N–H and O–H groups in total. The van der Waals surface area contributed by atoms with E-state index in [4.69, 9.17) is 4.74 Å². The first kappa shape index (κ1) is 14.7. The number of alkyl halides is 2. The van der Waals surface area contributed by atoms with Gasteiger partial charge in [0.25, 0.3) is 0 Å². The smallest absolute Gasteiger partial charge is 0.410 e. The molecule has 0 radical (unpaired) electrons. The van der Waals surface area contributed by atoms with E-state index in [1.54, 1.807) is 0 Å². The summed E-state index contributed by atoms with van der Waals surface area (Å²) < 4.78 is 31.8. The van der Waals surface area contributed by atoms with Gasteiger partial charge in [-0.2, -0.15) is 0 Å². The zero-order valence-electron chi connectivity index (χ0n) is 11.0. The van der Waals surface area contributed by atoms with Crippen LogP contribution in [0.1, 0.15) is 19.3 Å². The fraction of sp³-hybridized carbons (Fsp3) is 0.692. The normalized spacial score (nSPS) is 31.5. The average Bonchev–Trinajstić information content (AvgIpc) is 2.74. The molecule has 0 bridgehead atoms. The molecule has 0 aromatic carbocycles. The molecular weight excluding hydrogens is 272 g/mol. The lowest BCUT2D eigenvalue weighted by Crippen LogP contribution is -2.46. The number of ether oxygens (including phenoxy) is 1. The van der Waals surface area contributed by atoms with Crippen molar-refractivity contribution in [2.75, 3.05) is 19.7 Å². The van der Waals surface area contributed by atoms with Crippen LogP contribution in [0.3, 0.4) is 0 Å². The molecule has 2 aliphatic rings. The summed E-state index contributed by atoms with van der Waals surface area (Å²) in [6, 6.07) is 0. The predicted molar refractivity (Wildman–Crippen MR) is 65.5 cm³/mol. The fourth-order valence-electron chi connectivity index (χ4n) is 3.10. The zero-order valence-corrected chi connectivity index (χ0v) is 11.0. The minimum atomic E-state index is -2.86. The van der Waals surface area contributed by atoms with Crippen molar-refractivity contribution in [1.29, 1.82) is 0 Å². The van der Waals surface area contributed by atoms with Crippen LogP contribution in [0.2, 0.25) is 0 Å². The van der Waals surface area contributed by atoms with E-state index in [9.17, 15) is 23.5 Å². The minimum Gasteiger partial charge on any atom is -0.481 e. The van der Waals surface area contributed by atoms with Gasteiger partial charge in [-0.25, -0.2) is 13.6 Å². The summed E-state index contributed by atoms with van der Waals surface area (Å²) in [5, 5.41) is 9.41. The van der Waals surface area contributed by atoms with Crippen LogP contribution in [-0.2, 0) is 9.53 Å². The van der Waals surface area contributed by atoms with Gasteiger partial charge in [0, 0.05) is 31.8 Å². The third-order valence-corrected chi connectivity index (χ3v) is 4.19. The summed E-state index contributed by atoms with van der Waals surface area (Å²) in [4.78, 5) is 24.5. The highest BCUT2D eigenvalue weighted by Crippen LogP contribution is 2.51. The number of rotatable bonds is 3. The molecule has 1 saturated carbocycles. The summed E-state index contributed by atoms with van der Waals surface area (Å²) in [6.07, 6.45) is -0.355. The second-order valence-electron chi connectivity index (χ2n) is 5.46. The molecule has 1 amide bonds. The zero-order chi connectivity index (χ0) is 15.0. The van der Waals surface area contributed by atoms with Gasteiger partial charge in [0.15, 0.2) is 0 Å². The second kappa shape index (κ2) is 5.03. The standard InChI is InChI=1S/C13H17F2NO4/c1-2-5-20-11(19)16-7-9-6-13(14,15)4-3-12(9,8-16)10(17)18/h2,9H,1,3-8H2,(H,17,18). The van der Waals surface area contributed by atoms with Gasteiger partial charge in [0.1, 0.15) is 6.61 Å². The van der Waals surface area contributed by atoms with Crippen LogP contribution in [-0.4, -0.2) is 47.7 Å². The van der Waals surface area contributed by atoms with Crippen LogP contribution in [0, 0.1) is 11.3 Å². The van der Waals surface area contributed by atoms with Gasteiger partial charge in [-0.15, -0.1) is 0 Å². The van der Waals surface area contributed by atoms with Gasteiger partial charge in [-0.3, -0.25) is 4.79 Å². The Kier molecular flexibility index (Phi) is 3.71. The number of carbonyl (C=O) groups excluding carboxylic acids is 1. The maximum atomic E-state index is 13.5. The molecule has 5 nitrogen and oxygen atoms in total. The lowest BCUT2D eigenvalue weighted by atomic mass is 9.67. The molecule has 0 aromatic heterocycles. The molecule has 1 aliphatic heterocycles. The first-order valence-electron chi connectivity index (χ1n) is 6.44. The van der Waals surface area contributed by atoms with Crippen molar-refractivity contribution in [1.82, 2.24) is 4.90 Å². The van der Waals surface area contributed by atoms with E-state index in [0.717, 1.165) is 0 Å². The first-order valence-corrected chi connectivity index (χ1v) is 6.44. The molecule has 2 atom stereocenters. The highest BCUT2D eigenvalue weighted by molar-refractivity contribution is 5.78. The van der Waals surface area contributed by atoms with Crippen molar-refractivity contribution < 1.29 is 28.2 Å². The van der Waals surface area contributed by atoms with Crippen LogP contribution in [0.15, 0.2) is 12.7 Å². The Bertz CT molecular complexity index is 440. The number of carboxylic acids is 1. The molecule has 1 aliphatic carbocycles. The Morgan fingerprint density at radius 3 is 2.75 bits per heavy atom. The Hall–Kier alpha value is -1.66. The van der Waals surface area contributed by atoms with Crippen LogP contribution in [0.25, 0.3) is 0 Å². The summed E-state index contributed by atoms with van der Waals surface area (Å²) in [5.41, 5.74) is -1.27. The van der Waals surface area contributed by atoms with Gasteiger partial charge in [-0.1, -0.05) is 12.7 Å². The van der Waals surface area contributed by atoms with E-state index >= 15 is 0 Å². The monoisotopic (exact) mass is 289 g/mol. The molecule has 1 saturated heterocycles. The highest BCUT2D eigenvalue weighted by Gasteiger charge is 2.59. The number of nitrogens with zero attached hydrogens (tertiary/aromatic N) is 1. The van der Waals surface area contributed by atoms with Gasteiger partial charge in [0.05, 0.1) is 5.41 Å². The number of fused-ring (bicyclic) bond motifs is 1. The van der Waals surface area contributed by atoms with E-state index in [2.05, 4.69) is 6.58 Å². The Morgan fingerprint density at radius 1 is 1.45 bits per heavy atom. The third kappa shape index (κ3) is 2.48. The summed E-state index contributed by atoms with van der Waals surface area (Å²) in [7, 11) is 0. The number of hydrogen-bond donors (Lipinski definition) is 1. The lowest BCUT2D eigenvalue weighted by molar-refractivity contribution is -0.160. The van der Waals surface area contributed by atoms with E-state index in [1.165, 1.54) is 11.0 Å². The Morgan fingerprint density at radius 2 is 2.15 bits per heavy atom. The second-order valence-corrected chi connectivity index (χ2v) is 5.46. The first-order chi connectivity index (χ1) is 9.31. The molecule has 1 heterocycles. The molecule has 0 aromatic rings. The highest BCUT2D eigenvalue weighted by atomic mass is 19.3. The summed E-state index contributed by atoms with van der Waals surface area (Å²) in [6.45, 7) is 3.34. The maximum Gasteiger partial charge on any atom is 0.410 e. The van der Waals surface area contributed by atoms with Crippen LogP contribution in [0.5, 0.6) is 0 Å². The summed E-state index contributed by atoms with van der Waals surface area (Å²) >= 11 is 0. The van der Waals surface area contributed by atoms with Gasteiger partial charge in [0.2, 0.25) is 5.92 Å². The van der Waals surface area contributed by atoms with Crippen molar-refractivity contribution in [2.24, 2.45) is 11.3 Å². The molecule has 2 fully saturated rings. The molecular formula is C13H17F2NO4. The SMILES string of the molecule is C=CCOC(=O)N1CC2CC(F)(F)CCC2(C(=O)O)C1. The van der Waals surface area contributed by atoms with E-state index < -0.39 is 42.2 Å². The van der Waals surface area contributed by atoms with Gasteiger partial charge in [-0.05, 0) is 6.42 Å². The number of amides is 1.